The van der Waals surface area contributed by atoms with Gasteiger partial charge in [-0.2, -0.15) is 0 Å². The van der Waals surface area contributed by atoms with Crippen LogP contribution in [-0.4, -0.2) is 86.7 Å². The summed E-state index contributed by atoms with van der Waals surface area (Å²) in [6, 6.07) is 5.81. The molecule has 1 aromatic heterocycles. The van der Waals surface area contributed by atoms with Crippen molar-refractivity contribution in [3.63, 3.8) is 0 Å². The van der Waals surface area contributed by atoms with Crippen molar-refractivity contribution in [2.75, 3.05) is 60.7 Å². The van der Waals surface area contributed by atoms with Crippen molar-refractivity contribution in [1.29, 1.82) is 0 Å². The molecule has 7 nitrogen and oxygen atoms in total. The number of fused-ring (bicyclic) bond motifs is 1. The molecule has 0 saturated carbocycles. The van der Waals surface area contributed by atoms with Crippen molar-refractivity contribution in [2.24, 2.45) is 0 Å². The molecule has 1 aromatic carbocycles. The Balaban J connectivity index is 1.45. The average Bonchev–Trinajstić information content (AvgIpc) is 3.09. The molecule has 2 aliphatic rings. The Morgan fingerprint density at radius 2 is 2.10 bits per heavy atom. The van der Waals surface area contributed by atoms with Gasteiger partial charge in [0.05, 0.1) is 31.4 Å². The molecule has 2 saturated heterocycles. The number of carbonyl (C=O) groups excluding carboxylic acids is 1. The van der Waals surface area contributed by atoms with E-state index >= 15 is 0 Å². The zero-order valence-electron chi connectivity index (χ0n) is 18.4. The molecule has 164 valence electrons. The van der Waals surface area contributed by atoms with Crippen LogP contribution in [0.1, 0.15) is 24.8 Å². The van der Waals surface area contributed by atoms with Gasteiger partial charge in [0, 0.05) is 24.7 Å². The number of nitrogens with zero attached hydrogens (tertiary/aromatic N) is 3. The van der Waals surface area contributed by atoms with Gasteiger partial charge in [0.1, 0.15) is 12.4 Å². The van der Waals surface area contributed by atoms with Crippen LogP contribution < -0.4 is 4.74 Å². The summed E-state index contributed by atoms with van der Waals surface area (Å²) in [7, 11) is 5.76. The second-order valence-corrected chi connectivity index (χ2v) is 8.74. The summed E-state index contributed by atoms with van der Waals surface area (Å²) in [4.78, 5) is 17.5. The lowest BCUT2D eigenvalue weighted by atomic mass is 9.85. The van der Waals surface area contributed by atoms with Crippen molar-refractivity contribution in [3.8, 4) is 5.75 Å². The van der Waals surface area contributed by atoms with Crippen molar-refractivity contribution in [1.82, 2.24) is 14.4 Å². The van der Waals surface area contributed by atoms with E-state index in [9.17, 15) is 4.79 Å². The van der Waals surface area contributed by atoms with Crippen molar-refractivity contribution in [2.45, 2.75) is 31.2 Å². The first-order valence-electron chi connectivity index (χ1n) is 10.8. The molecular weight excluding hydrogens is 382 g/mol. The molecule has 0 atom stereocenters. The van der Waals surface area contributed by atoms with Gasteiger partial charge in [0.25, 0.3) is 0 Å². The summed E-state index contributed by atoms with van der Waals surface area (Å²) in [5.41, 5.74) is 2.16. The summed E-state index contributed by atoms with van der Waals surface area (Å²) >= 11 is 0. The van der Waals surface area contributed by atoms with E-state index in [-0.39, 0.29) is 11.6 Å². The molecular formula is C23H33N3O4. The molecule has 0 amide bonds. The minimum Gasteiger partial charge on any atom is -0.497 e. The van der Waals surface area contributed by atoms with Gasteiger partial charge >= 0.3 is 6.09 Å². The molecule has 2 fully saturated rings. The number of aromatic nitrogens is 1. The van der Waals surface area contributed by atoms with Crippen molar-refractivity contribution in [3.05, 3.63) is 30.0 Å². The third-order valence-electron chi connectivity index (χ3n) is 6.44. The van der Waals surface area contributed by atoms with E-state index in [1.54, 1.807) is 11.7 Å². The quantitative estimate of drug-likeness (QED) is 0.693. The maximum atomic E-state index is 12.9. The largest absolute Gasteiger partial charge is 0.497 e. The predicted octanol–water partition coefficient (Wildman–Crippen LogP) is 2.99. The lowest BCUT2D eigenvalue weighted by Crippen LogP contribution is -2.64. The maximum Gasteiger partial charge on any atom is 0.418 e. The van der Waals surface area contributed by atoms with E-state index in [4.69, 9.17) is 14.2 Å². The second kappa shape index (κ2) is 8.96. The van der Waals surface area contributed by atoms with Crippen LogP contribution in [0.2, 0.25) is 0 Å². The molecule has 2 aliphatic heterocycles. The summed E-state index contributed by atoms with van der Waals surface area (Å²) in [5, 5.41) is 1.04. The Morgan fingerprint density at radius 3 is 2.80 bits per heavy atom. The summed E-state index contributed by atoms with van der Waals surface area (Å²) in [6.45, 7) is 4.73. The van der Waals surface area contributed by atoms with Gasteiger partial charge in [-0.05, 0) is 63.7 Å². The number of rotatable bonds is 7. The number of likely N-dealkylation sites (tertiary alicyclic amines) is 1. The number of likely N-dealkylation sites (N-methyl/N-ethyl adjacent to an activating group) is 1. The van der Waals surface area contributed by atoms with E-state index in [0.717, 1.165) is 61.5 Å². The molecule has 2 aromatic rings. The molecule has 0 aliphatic carbocycles. The number of methoxy groups -OCH3 is 1. The van der Waals surface area contributed by atoms with Crippen LogP contribution in [0.5, 0.6) is 5.75 Å². The first-order valence-corrected chi connectivity index (χ1v) is 10.8. The fraction of sp³-hybridized carbons (Fsp3) is 0.609. The summed E-state index contributed by atoms with van der Waals surface area (Å²) in [5.74, 6) is 0.790. The SMILES string of the molecule is COc1ccc2c(c1)c(CCN(C)C)cn2C(=O)OCCN1CCCCC12COC2. The van der Waals surface area contributed by atoms with Gasteiger partial charge in [-0.15, -0.1) is 0 Å². The van der Waals surface area contributed by atoms with E-state index in [0.29, 0.717) is 6.61 Å². The average molecular weight is 416 g/mol. The van der Waals surface area contributed by atoms with Crippen molar-refractivity contribution >= 4 is 17.0 Å². The van der Waals surface area contributed by atoms with Gasteiger partial charge in [-0.1, -0.05) is 6.42 Å². The first-order chi connectivity index (χ1) is 14.5. The van der Waals surface area contributed by atoms with Crippen LogP contribution in [0.25, 0.3) is 10.9 Å². The predicted molar refractivity (Wildman–Crippen MR) is 116 cm³/mol. The Bertz CT molecular complexity index is 888. The van der Waals surface area contributed by atoms with Gasteiger partial charge in [0.15, 0.2) is 0 Å². The van der Waals surface area contributed by atoms with Gasteiger partial charge in [-0.25, -0.2) is 4.79 Å². The molecule has 4 rings (SSSR count). The minimum absolute atomic E-state index is 0.181. The number of piperidine rings is 1. The van der Waals surface area contributed by atoms with Crippen LogP contribution in [0.4, 0.5) is 4.79 Å². The van der Waals surface area contributed by atoms with Gasteiger partial charge in [0.2, 0.25) is 0 Å². The molecule has 0 bridgehead atoms. The molecule has 0 radical (unpaired) electrons. The summed E-state index contributed by atoms with van der Waals surface area (Å²) < 4.78 is 18.2. The van der Waals surface area contributed by atoms with Gasteiger partial charge < -0.3 is 19.1 Å². The zero-order chi connectivity index (χ0) is 21.1. The Hall–Kier alpha value is -2.09. The Kier molecular flexibility index (Phi) is 6.32. The van der Waals surface area contributed by atoms with Crippen LogP contribution in [0, 0.1) is 0 Å². The number of hydrogen-bond acceptors (Lipinski definition) is 6. The van der Waals surface area contributed by atoms with Crippen LogP contribution in [0.15, 0.2) is 24.4 Å². The second-order valence-electron chi connectivity index (χ2n) is 8.74. The van der Waals surface area contributed by atoms with Crippen LogP contribution in [0.3, 0.4) is 0 Å². The van der Waals surface area contributed by atoms with Crippen molar-refractivity contribution < 1.29 is 19.0 Å². The van der Waals surface area contributed by atoms with E-state index in [1.807, 2.05) is 24.4 Å². The van der Waals surface area contributed by atoms with Crippen LogP contribution >= 0.6 is 0 Å². The molecule has 3 heterocycles. The van der Waals surface area contributed by atoms with E-state index in [2.05, 4.69) is 23.9 Å². The van der Waals surface area contributed by atoms with E-state index in [1.165, 1.54) is 19.3 Å². The number of carbonyl (C=O) groups is 1. The fourth-order valence-electron chi connectivity index (χ4n) is 4.58. The highest BCUT2D eigenvalue weighted by atomic mass is 16.5. The third-order valence-corrected chi connectivity index (χ3v) is 6.44. The number of ether oxygens (including phenoxy) is 3. The van der Waals surface area contributed by atoms with Gasteiger partial charge in [-0.3, -0.25) is 9.47 Å². The fourth-order valence-corrected chi connectivity index (χ4v) is 4.58. The molecule has 30 heavy (non-hydrogen) atoms. The molecule has 7 heteroatoms. The standard InChI is InChI=1S/C23H33N3O4/c1-24(2)11-8-18-15-26(21-7-6-19(28-3)14-20(18)21)22(27)30-13-12-25-10-5-4-9-23(25)16-29-17-23/h6-7,14-15H,4-5,8-13,16-17H2,1-3H3. The van der Waals surface area contributed by atoms with E-state index < -0.39 is 0 Å². The number of hydrogen-bond donors (Lipinski definition) is 0. The molecule has 0 unspecified atom stereocenters. The maximum absolute atomic E-state index is 12.9. The topological polar surface area (TPSA) is 56.2 Å². The smallest absolute Gasteiger partial charge is 0.418 e. The number of benzene rings is 1. The lowest BCUT2D eigenvalue weighted by Gasteiger charge is -2.52. The monoisotopic (exact) mass is 415 g/mol. The zero-order valence-corrected chi connectivity index (χ0v) is 18.4. The normalized spacial score (nSPS) is 18.7. The highest BCUT2D eigenvalue weighted by Gasteiger charge is 2.45. The highest BCUT2D eigenvalue weighted by molar-refractivity contribution is 5.92. The third kappa shape index (κ3) is 4.19. The molecule has 1 spiro atoms. The highest BCUT2D eigenvalue weighted by Crippen LogP contribution is 2.34. The lowest BCUT2D eigenvalue weighted by molar-refractivity contribution is -0.158. The molecule has 0 N–H and O–H groups in total. The Morgan fingerprint density at radius 1 is 1.27 bits per heavy atom. The van der Waals surface area contributed by atoms with Crippen LogP contribution in [-0.2, 0) is 15.9 Å². The first kappa shape index (κ1) is 21.2. The summed E-state index contributed by atoms with van der Waals surface area (Å²) in [6.07, 6.45) is 6.09. The minimum atomic E-state index is -0.322. The Labute approximate surface area is 178 Å².